The normalized spacial score (nSPS) is 49.8. The Hall–Kier alpha value is -0.0800. The highest BCUT2D eigenvalue weighted by Crippen LogP contribution is 2.61. The zero-order valence-corrected chi connectivity index (χ0v) is 11.8. The van der Waals surface area contributed by atoms with Gasteiger partial charge in [0.25, 0.3) is 0 Å². The van der Waals surface area contributed by atoms with Gasteiger partial charge in [0.2, 0.25) is 0 Å². The zero-order valence-electron chi connectivity index (χ0n) is 11.8. The summed E-state index contributed by atoms with van der Waals surface area (Å²) in [4.78, 5) is 0. The van der Waals surface area contributed by atoms with Crippen LogP contribution >= 0.6 is 0 Å². The Morgan fingerprint density at radius 3 is 2.29 bits per heavy atom. The van der Waals surface area contributed by atoms with Crippen LogP contribution in [0.4, 0.5) is 0 Å². The number of aliphatic hydroxyl groups is 2. The lowest BCUT2D eigenvalue weighted by Crippen LogP contribution is -2.58. The lowest BCUT2D eigenvalue weighted by Gasteiger charge is -2.60. The number of aliphatic hydroxyl groups excluding tert-OH is 1. The number of fused-ring (bicyclic) bond motifs is 1. The molecule has 2 aliphatic rings. The van der Waals surface area contributed by atoms with Crippen LogP contribution in [-0.4, -0.2) is 22.4 Å². The van der Waals surface area contributed by atoms with E-state index in [4.69, 9.17) is 0 Å². The fourth-order valence-electron chi connectivity index (χ4n) is 5.03. The fraction of sp³-hybridized carbons (Fsp3) is 1.00. The Morgan fingerprint density at radius 2 is 1.71 bits per heavy atom. The number of hydrogen-bond acceptors (Lipinski definition) is 2. The summed E-state index contributed by atoms with van der Waals surface area (Å²) in [6.07, 6.45) is 5.61. The molecule has 0 spiro atoms. The molecular formula is C15H28O2. The molecule has 0 aromatic heterocycles. The molecule has 2 fully saturated rings. The molecule has 2 saturated carbocycles. The van der Waals surface area contributed by atoms with Gasteiger partial charge in [0.05, 0.1) is 5.60 Å². The van der Waals surface area contributed by atoms with E-state index >= 15 is 0 Å². The molecule has 0 bridgehead atoms. The second kappa shape index (κ2) is 3.96. The summed E-state index contributed by atoms with van der Waals surface area (Å²) in [7, 11) is 0. The van der Waals surface area contributed by atoms with Crippen molar-refractivity contribution < 1.29 is 10.2 Å². The van der Waals surface area contributed by atoms with Gasteiger partial charge in [-0.25, -0.2) is 0 Å². The molecule has 0 saturated heterocycles. The van der Waals surface area contributed by atoms with Crippen LogP contribution in [-0.2, 0) is 0 Å². The standard InChI is InChI=1S/C15H28O2/c1-13(2)7-5-8-14(3)11(13)6-9-15(4,17)12(14)10-16/h11-12,16-17H,5-10H2,1-4H3/t11-,12-,14-,15-/m1/s1. The average molecular weight is 240 g/mol. The predicted octanol–water partition coefficient (Wildman–Crippen LogP) is 2.97. The van der Waals surface area contributed by atoms with E-state index < -0.39 is 5.60 Å². The summed E-state index contributed by atoms with van der Waals surface area (Å²) in [6.45, 7) is 9.06. The van der Waals surface area contributed by atoms with Crippen molar-refractivity contribution in [2.45, 2.75) is 65.4 Å². The quantitative estimate of drug-likeness (QED) is 0.740. The van der Waals surface area contributed by atoms with Crippen molar-refractivity contribution in [3.05, 3.63) is 0 Å². The van der Waals surface area contributed by atoms with Crippen LogP contribution in [0.2, 0.25) is 0 Å². The van der Waals surface area contributed by atoms with Gasteiger partial charge in [-0.1, -0.05) is 27.2 Å². The zero-order chi connectivity index (χ0) is 12.9. The molecule has 2 aliphatic carbocycles. The molecule has 17 heavy (non-hydrogen) atoms. The van der Waals surface area contributed by atoms with Crippen LogP contribution < -0.4 is 0 Å². The monoisotopic (exact) mass is 240 g/mol. The van der Waals surface area contributed by atoms with Crippen molar-refractivity contribution in [1.29, 1.82) is 0 Å². The molecule has 0 heterocycles. The van der Waals surface area contributed by atoms with Gasteiger partial charge in [-0.05, 0) is 49.4 Å². The van der Waals surface area contributed by atoms with Crippen molar-refractivity contribution in [2.24, 2.45) is 22.7 Å². The van der Waals surface area contributed by atoms with Crippen molar-refractivity contribution in [2.75, 3.05) is 6.61 Å². The van der Waals surface area contributed by atoms with E-state index in [1.165, 1.54) is 12.8 Å². The Bertz CT molecular complexity index is 283. The minimum absolute atomic E-state index is 0.0355. The van der Waals surface area contributed by atoms with Crippen LogP contribution in [0.5, 0.6) is 0 Å². The summed E-state index contributed by atoms with van der Waals surface area (Å²) in [5.41, 5.74) is -0.220. The lowest BCUT2D eigenvalue weighted by atomic mass is 9.46. The topological polar surface area (TPSA) is 40.5 Å². The van der Waals surface area contributed by atoms with Crippen molar-refractivity contribution in [1.82, 2.24) is 0 Å². The van der Waals surface area contributed by atoms with Crippen LogP contribution in [0.3, 0.4) is 0 Å². The van der Waals surface area contributed by atoms with Crippen molar-refractivity contribution in [3.63, 3.8) is 0 Å². The van der Waals surface area contributed by atoms with E-state index in [-0.39, 0.29) is 17.9 Å². The third kappa shape index (κ3) is 1.94. The first-order chi connectivity index (χ1) is 7.74. The van der Waals surface area contributed by atoms with Gasteiger partial charge in [-0.3, -0.25) is 0 Å². The first kappa shape index (κ1) is 13.4. The molecule has 0 unspecified atom stereocenters. The minimum Gasteiger partial charge on any atom is -0.396 e. The maximum absolute atomic E-state index is 10.5. The fourth-order valence-corrected chi connectivity index (χ4v) is 5.03. The highest BCUT2D eigenvalue weighted by Gasteiger charge is 2.57. The highest BCUT2D eigenvalue weighted by atomic mass is 16.3. The largest absolute Gasteiger partial charge is 0.396 e. The molecule has 2 N–H and O–H groups in total. The third-order valence-electron chi connectivity index (χ3n) is 5.94. The first-order valence-electron chi connectivity index (χ1n) is 7.07. The molecular weight excluding hydrogens is 212 g/mol. The molecule has 4 atom stereocenters. The van der Waals surface area contributed by atoms with Gasteiger partial charge in [0.15, 0.2) is 0 Å². The van der Waals surface area contributed by atoms with Crippen LogP contribution in [0.1, 0.15) is 59.8 Å². The summed E-state index contributed by atoms with van der Waals surface area (Å²) in [5, 5.41) is 20.3. The maximum atomic E-state index is 10.5. The Labute approximate surface area is 105 Å². The average Bonchev–Trinajstić information content (AvgIpc) is 2.14. The van der Waals surface area contributed by atoms with Crippen molar-refractivity contribution >= 4 is 0 Å². The molecule has 0 amide bonds. The van der Waals surface area contributed by atoms with Crippen LogP contribution in [0, 0.1) is 22.7 Å². The second-order valence-corrected chi connectivity index (χ2v) is 7.53. The Balaban J connectivity index is 2.37. The smallest absolute Gasteiger partial charge is 0.0675 e. The molecule has 0 aliphatic heterocycles. The maximum Gasteiger partial charge on any atom is 0.0675 e. The van der Waals surface area contributed by atoms with Gasteiger partial charge in [0, 0.05) is 12.5 Å². The summed E-state index contributed by atoms with van der Waals surface area (Å²) >= 11 is 0. The minimum atomic E-state index is -0.687. The molecule has 100 valence electrons. The van der Waals surface area contributed by atoms with Crippen LogP contribution in [0.25, 0.3) is 0 Å². The molecule has 0 aromatic carbocycles. The predicted molar refractivity (Wildman–Crippen MR) is 69.7 cm³/mol. The van der Waals surface area contributed by atoms with Gasteiger partial charge in [-0.2, -0.15) is 0 Å². The molecule has 0 radical (unpaired) electrons. The van der Waals surface area contributed by atoms with Gasteiger partial charge in [0.1, 0.15) is 0 Å². The second-order valence-electron chi connectivity index (χ2n) is 7.53. The number of hydrogen-bond donors (Lipinski definition) is 2. The van der Waals surface area contributed by atoms with E-state index in [0.717, 1.165) is 19.3 Å². The summed E-state index contributed by atoms with van der Waals surface area (Å²) in [6, 6.07) is 0. The molecule has 2 heteroatoms. The van der Waals surface area contributed by atoms with Crippen LogP contribution in [0.15, 0.2) is 0 Å². The third-order valence-corrected chi connectivity index (χ3v) is 5.94. The van der Waals surface area contributed by atoms with Gasteiger partial charge >= 0.3 is 0 Å². The van der Waals surface area contributed by atoms with Gasteiger partial charge in [-0.15, -0.1) is 0 Å². The summed E-state index contributed by atoms with van der Waals surface area (Å²) < 4.78 is 0. The van der Waals surface area contributed by atoms with E-state index in [1.54, 1.807) is 0 Å². The van der Waals surface area contributed by atoms with E-state index in [0.29, 0.717) is 11.3 Å². The molecule has 2 nitrogen and oxygen atoms in total. The Kier molecular flexibility index (Phi) is 3.11. The van der Waals surface area contributed by atoms with E-state index in [2.05, 4.69) is 20.8 Å². The molecule has 2 rings (SSSR count). The highest BCUT2D eigenvalue weighted by molar-refractivity contribution is 5.07. The lowest BCUT2D eigenvalue weighted by molar-refractivity contribution is -0.178. The van der Waals surface area contributed by atoms with E-state index in [1.807, 2.05) is 6.92 Å². The van der Waals surface area contributed by atoms with E-state index in [9.17, 15) is 10.2 Å². The van der Waals surface area contributed by atoms with Crippen molar-refractivity contribution in [3.8, 4) is 0 Å². The summed E-state index contributed by atoms with van der Waals surface area (Å²) in [5.74, 6) is 0.675. The molecule has 0 aromatic rings. The number of rotatable bonds is 1. The van der Waals surface area contributed by atoms with Gasteiger partial charge < -0.3 is 10.2 Å². The first-order valence-corrected chi connectivity index (χ1v) is 7.07. The SMILES string of the molecule is CC1(C)CCC[C@]2(C)[C@@H]1CC[C@@](C)(O)[C@@H]2CO. The Morgan fingerprint density at radius 1 is 1.06 bits per heavy atom.